The number of hydrogen-bond acceptors (Lipinski definition) is 3. The first-order valence-electron chi connectivity index (χ1n) is 7.14. The summed E-state index contributed by atoms with van der Waals surface area (Å²) < 4.78 is 5.61. The molecule has 1 rings (SSSR count). The second-order valence-corrected chi connectivity index (χ2v) is 5.31. The monoisotopic (exact) mass is 256 g/mol. The molecular formula is C14H28N2O2. The smallest absolute Gasteiger partial charge is 0.254 e. The zero-order chi connectivity index (χ0) is 13.6. The van der Waals surface area contributed by atoms with Crippen molar-refractivity contribution in [3.05, 3.63) is 0 Å². The van der Waals surface area contributed by atoms with Gasteiger partial charge < -0.3 is 15.0 Å². The minimum absolute atomic E-state index is 0.175. The van der Waals surface area contributed by atoms with E-state index in [-0.39, 0.29) is 5.91 Å². The maximum absolute atomic E-state index is 12.7. The Morgan fingerprint density at radius 3 is 2.44 bits per heavy atom. The van der Waals surface area contributed by atoms with Crippen molar-refractivity contribution in [2.24, 2.45) is 5.92 Å². The number of nitrogens with zero attached hydrogens (tertiary/aromatic N) is 1. The normalized spacial score (nSPS) is 20.4. The molecule has 18 heavy (non-hydrogen) atoms. The molecule has 1 saturated heterocycles. The second-order valence-electron chi connectivity index (χ2n) is 5.31. The third kappa shape index (κ3) is 3.45. The summed E-state index contributed by atoms with van der Waals surface area (Å²) in [5, 5.41) is 3.29. The average molecular weight is 256 g/mol. The molecule has 0 bridgehead atoms. The van der Waals surface area contributed by atoms with Crippen LogP contribution >= 0.6 is 0 Å². The number of carbonyl (C=O) groups is 1. The van der Waals surface area contributed by atoms with E-state index in [1.165, 1.54) is 0 Å². The summed E-state index contributed by atoms with van der Waals surface area (Å²) in [4.78, 5) is 14.7. The van der Waals surface area contributed by atoms with Crippen molar-refractivity contribution in [3.8, 4) is 0 Å². The molecule has 1 N–H and O–H groups in total. The van der Waals surface area contributed by atoms with Crippen LogP contribution < -0.4 is 5.32 Å². The molecule has 0 spiro atoms. The molecule has 0 radical (unpaired) electrons. The van der Waals surface area contributed by atoms with E-state index in [1.807, 2.05) is 11.8 Å². The zero-order valence-electron chi connectivity index (χ0n) is 12.3. The molecule has 1 amide bonds. The molecule has 106 valence electrons. The third-order valence-corrected chi connectivity index (χ3v) is 4.09. The highest BCUT2D eigenvalue weighted by Gasteiger charge is 2.42. The number of piperidine rings is 1. The fourth-order valence-electron chi connectivity index (χ4n) is 2.49. The minimum Gasteiger partial charge on any atom is -0.368 e. The predicted octanol–water partition coefficient (Wildman–Crippen LogP) is 1.65. The lowest BCUT2D eigenvalue weighted by atomic mass is 9.90. The SMILES string of the molecule is CCC(C)CN(CC)C(=O)C1(OC)CCNCC1. The van der Waals surface area contributed by atoms with Gasteiger partial charge in [0, 0.05) is 20.2 Å². The number of carbonyl (C=O) groups excluding carboxylic acids is 1. The number of hydrogen-bond donors (Lipinski definition) is 1. The number of nitrogens with one attached hydrogen (secondary N) is 1. The van der Waals surface area contributed by atoms with E-state index in [1.54, 1.807) is 7.11 Å². The average Bonchev–Trinajstić information content (AvgIpc) is 2.44. The van der Waals surface area contributed by atoms with Crippen molar-refractivity contribution in [1.29, 1.82) is 0 Å². The molecule has 0 aromatic heterocycles. The van der Waals surface area contributed by atoms with Gasteiger partial charge in [0.1, 0.15) is 5.60 Å². The lowest BCUT2D eigenvalue weighted by molar-refractivity contribution is -0.158. The molecule has 4 nitrogen and oxygen atoms in total. The van der Waals surface area contributed by atoms with E-state index in [0.717, 1.165) is 45.4 Å². The van der Waals surface area contributed by atoms with Gasteiger partial charge in [-0.05, 0) is 38.8 Å². The number of rotatable bonds is 6. The quantitative estimate of drug-likeness (QED) is 0.785. The molecule has 0 aromatic rings. The Labute approximate surface area is 111 Å². The summed E-state index contributed by atoms with van der Waals surface area (Å²) in [5.41, 5.74) is -0.589. The predicted molar refractivity (Wildman–Crippen MR) is 73.6 cm³/mol. The van der Waals surface area contributed by atoms with Crippen LogP contribution in [0.2, 0.25) is 0 Å². The highest BCUT2D eigenvalue weighted by Crippen LogP contribution is 2.25. The molecule has 1 heterocycles. The summed E-state index contributed by atoms with van der Waals surface area (Å²) >= 11 is 0. The topological polar surface area (TPSA) is 41.6 Å². The standard InChI is InChI=1S/C14H28N2O2/c1-5-12(3)11-16(6-2)13(17)14(18-4)7-9-15-10-8-14/h12,15H,5-11H2,1-4H3. The number of ether oxygens (including phenoxy) is 1. The Morgan fingerprint density at radius 1 is 1.39 bits per heavy atom. The first-order valence-corrected chi connectivity index (χ1v) is 7.14. The van der Waals surface area contributed by atoms with Gasteiger partial charge in [-0.2, -0.15) is 0 Å². The van der Waals surface area contributed by atoms with Crippen LogP contribution in [0.4, 0.5) is 0 Å². The molecule has 0 saturated carbocycles. The van der Waals surface area contributed by atoms with Gasteiger partial charge in [0.15, 0.2) is 0 Å². The first kappa shape index (κ1) is 15.4. The molecule has 4 heteroatoms. The Balaban J connectivity index is 2.73. The Kier molecular flexibility index (Phi) is 6.09. The van der Waals surface area contributed by atoms with Crippen LogP contribution in [-0.4, -0.2) is 49.7 Å². The van der Waals surface area contributed by atoms with Crippen LogP contribution in [0, 0.1) is 5.92 Å². The van der Waals surface area contributed by atoms with Crippen LogP contribution in [0.5, 0.6) is 0 Å². The molecule has 0 aliphatic carbocycles. The van der Waals surface area contributed by atoms with Gasteiger partial charge in [-0.25, -0.2) is 0 Å². The van der Waals surface area contributed by atoms with Crippen LogP contribution in [-0.2, 0) is 9.53 Å². The van der Waals surface area contributed by atoms with Gasteiger partial charge in [0.25, 0.3) is 5.91 Å². The first-order chi connectivity index (χ1) is 8.59. The maximum Gasteiger partial charge on any atom is 0.254 e. The maximum atomic E-state index is 12.7. The van der Waals surface area contributed by atoms with E-state index in [2.05, 4.69) is 19.2 Å². The highest BCUT2D eigenvalue weighted by molar-refractivity contribution is 5.85. The van der Waals surface area contributed by atoms with E-state index in [0.29, 0.717) is 5.92 Å². The van der Waals surface area contributed by atoms with Crippen molar-refractivity contribution in [2.45, 2.75) is 45.6 Å². The van der Waals surface area contributed by atoms with E-state index < -0.39 is 5.60 Å². The lowest BCUT2D eigenvalue weighted by Gasteiger charge is -2.39. The molecule has 0 aromatic carbocycles. The van der Waals surface area contributed by atoms with Crippen LogP contribution in [0.3, 0.4) is 0 Å². The third-order valence-electron chi connectivity index (χ3n) is 4.09. The van der Waals surface area contributed by atoms with Gasteiger partial charge >= 0.3 is 0 Å². The van der Waals surface area contributed by atoms with Crippen LogP contribution in [0.25, 0.3) is 0 Å². The summed E-state index contributed by atoms with van der Waals surface area (Å²) in [6, 6.07) is 0. The summed E-state index contributed by atoms with van der Waals surface area (Å²) in [6.45, 7) is 9.73. The van der Waals surface area contributed by atoms with Gasteiger partial charge in [-0.3, -0.25) is 4.79 Å². The molecule has 1 aliphatic heterocycles. The van der Waals surface area contributed by atoms with E-state index in [4.69, 9.17) is 4.74 Å². The number of methoxy groups -OCH3 is 1. The fourth-order valence-corrected chi connectivity index (χ4v) is 2.49. The lowest BCUT2D eigenvalue weighted by Crippen LogP contribution is -2.56. The molecule has 1 fully saturated rings. The van der Waals surface area contributed by atoms with Crippen LogP contribution in [0.1, 0.15) is 40.0 Å². The summed E-state index contributed by atoms with van der Waals surface area (Å²) in [6.07, 6.45) is 2.66. The van der Waals surface area contributed by atoms with Gasteiger partial charge in [-0.15, -0.1) is 0 Å². The van der Waals surface area contributed by atoms with Gasteiger partial charge in [0.2, 0.25) is 0 Å². The number of likely N-dealkylation sites (N-methyl/N-ethyl adjacent to an activating group) is 1. The molecular weight excluding hydrogens is 228 g/mol. The van der Waals surface area contributed by atoms with Crippen molar-refractivity contribution in [2.75, 3.05) is 33.3 Å². The van der Waals surface area contributed by atoms with Crippen LogP contribution in [0.15, 0.2) is 0 Å². The molecule has 1 unspecified atom stereocenters. The Bertz CT molecular complexity index is 263. The van der Waals surface area contributed by atoms with Gasteiger partial charge in [0.05, 0.1) is 0 Å². The highest BCUT2D eigenvalue weighted by atomic mass is 16.5. The van der Waals surface area contributed by atoms with E-state index in [9.17, 15) is 4.79 Å². The summed E-state index contributed by atoms with van der Waals surface area (Å²) in [5.74, 6) is 0.721. The van der Waals surface area contributed by atoms with Crippen molar-refractivity contribution < 1.29 is 9.53 Å². The van der Waals surface area contributed by atoms with Crippen molar-refractivity contribution in [1.82, 2.24) is 10.2 Å². The van der Waals surface area contributed by atoms with Crippen molar-refractivity contribution >= 4 is 5.91 Å². The Hall–Kier alpha value is -0.610. The largest absolute Gasteiger partial charge is 0.368 e. The zero-order valence-corrected chi connectivity index (χ0v) is 12.3. The molecule has 1 atom stereocenters. The van der Waals surface area contributed by atoms with Crippen molar-refractivity contribution in [3.63, 3.8) is 0 Å². The van der Waals surface area contributed by atoms with Gasteiger partial charge in [-0.1, -0.05) is 20.3 Å². The summed E-state index contributed by atoms with van der Waals surface area (Å²) in [7, 11) is 1.67. The molecule has 1 aliphatic rings. The minimum atomic E-state index is -0.589. The number of amides is 1. The fraction of sp³-hybridized carbons (Fsp3) is 0.929. The second kappa shape index (κ2) is 7.10. The Morgan fingerprint density at radius 2 is 2.00 bits per heavy atom. The van der Waals surface area contributed by atoms with E-state index >= 15 is 0 Å².